The molecule has 0 aliphatic carbocycles. The van der Waals surface area contributed by atoms with Crippen molar-refractivity contribution in [1.29, 1.82) is 0 Å². The van der Waals surface area contributed by atoms with Gasteiger partial charge in [0.2, 0.25) is 0 Å². The van der Waals surface area contributed by atoms with Gasteiger partial charge in [0.1, 0.15) is 22.9 Å². The Morgan fingerprint density at radius 1 is 1.19 bits per heavy atom. The Bertz CT molecular complexity index is 780. The van der Waals surface area contributed by atoms with Crippen LogP contribution in [0.15, 0.2) is 49.6 Å². The molecule has 0 spiro atoms. The molecule has 0 bridgehead atoms. The number of nitrogen functional groups attached to an aromatic ring is 1. The van der Waals surface area contributed by atoms with Crippen molar-refractivity contribution in [2.24, 2.45) is 0 Å². The van der Waals surface area contributed by atoms with Crippen LogP contribution in [0.25, 0.3) is 0 Å². The van der Waals surface area contributed by atoms with E-state index in [-0.39, 0.29) is 18.6 Å². The zero-order valence-corrected chi connectivity index (χ0v) is 14.9. The minimum atomic E-state index is -0.909. The van der Waals surface area contributed by atoms with Gasteiger partial charge in [-0.1, -0.05) is 6.07 Å². The molecule has 7 heteroatoms. The lowest BCUT2D eigenvalue weighted by Crippen LogP contribution is -2.27. The van der Waals surface area contributed by atoms with E-state index < -0.39 is 23.3 Å². The minimum Gasteiger partial charge on any atom is -0.455 e. The van der Waals surface area contributed by atoms with Crippen LogP contribution in [-0.4, -0.2) is 11.7 Å². The fourth-order valence-electron chi connectivity index (χ4n) is 1.83. The maximum absolute atomic E-state index is 13.4. The lowest BCUT2D eigenvalue weighted by Gasteiger charge is -2.19. The molecule has 2 aromatic carbocycles. The van der Waals surface area contributed by atoms with Gasteiger partial charge in [-0.05, 0) is 32.9 Å². The summed E-state index contributed by atoms with van der Waals surface area (Å²) in [7, 11) is 0. The van der Waals surface area contributed by atoms with Crippen LogP contribution in [0, 0.1) is 11.6 Å². The Hall–Kier alpha value is -3.09. The largest absolute Gasteiger partial charge is 0.455 e. The average Bonchev–Trinajstić information content (AvgIpc) is 2.52. The molecule has 0 fully saturated rings. The molecule has 26 heavy (non-hydrogen) atoms. The Kier molecular flexibility index (Phi) is 7.13. The van der Waals surface area contributed by atoms with E-state index in [0.29, 0.717) is 11.8 Å². The first-order chi connectivity index (χ1) is 12.1. The Labute approximate surface area is 152 Å². The first-order valence-corrected chi connectivity index (χ1v) is 7.66. The summed E-state index contributed by atoms with van der Waals surface area (Å²) >= 11 is 0. The van der Waals surface area contributed by atoms with Gasteiger partial charge in [0.05, 0.1) is 0 Å². The highest BCUT2D eigenvalue weighted by molar-refractivity contribution is 5.85. The van der Waals surface area contributed by atoms with Gasteiger partial charge in [-0.3, -0.25) is 5.32 Å². The van der Waals surface area contributed by atoms with Gasteiger partial charge < -0.3 is 15.2 Å². The van der Waals surface area contributed by atoms with E-state index in [2.05, 4.69) is 18.5 Å². The molecule has 0 aromatic heterocycles. The lowest BCUT2D eigenvalue weighted by atomic mass is 10.2. The van der Waals surface area contributed by atoms with Crippen molar-refractivity contribution in [2.75, 3.05) is 11.1 Å². The molecule has 0 unspecified atom stereocenters. The second-order valence-electron chi connectivity index (χ2n) is 6.06. The summed E-state index contributed by atoms with van der Waals surface area (Å²) in [6.07, 6.45) is -0.629. The lowest BCUT2D eigenvalue weighted by molar-refractivity contribution is 0.0636. The van der Waals surface area contributed by atoms with Crippen molar-refractivity contribution >= 4 is 17.5 Å². The maximum Gasteiger partial charge on any atom is 0.412 e. The molecule has 2 aromatic rings. The predicted molar refractivity (Wildman–Crippen MR) is 101 cm³/mol. The van der Waals surface area contributed by atoms with E-state index in [9.17, 15) is 13.6 Å². The fourth-order valence-corrected chi connectivity index (χ4v) is 1.83. The van der Waals surface area contributed by atoms with Crippen LogP contribution in [-0.2, 0) is 4.74 Å². The van der Waals surface area contributed by atoms with Crippen LogP contribution >= 0.6 is 0 Å². The molecule has 0 saturated carbocycles. The summed E-state index contributed by atoms with van der Waals surface area (Å²) in [6, 6.07) is 7.91. The number of nitrogens with one attached hydrogen (secondary N) is 1. The second-order valence-corrected chi connectivity index (χ2v) is 6.06. The van der Waals surface area contributed by atoms with Crippen molar-refractivity contribution < 1.29 is 24.5 Å². The van der Waals surface area contributed by atoms with Gasteiger partial charge in [0.25, 0.3) is 0 Å². The predicted octanol–water partition coefficient (Wildman–Crippen LogP) is 5.73. The maximum atomic E-state index is 13.4. The molecule has 142 valence electrons. The summed E-state index contributed by atoms with van der Waals surface area (Å²) in [5.74, 6) is -1.62. The third kappa shape index (κ3) is 6.43. The third-order valence-electron chi connectivity index (χ3n) is 2.76. The van der Waals surface area contributed by atoms with Crippen LogP contribution in [0.1, 0.15) is 22.2 Å². The van der Waals surface area contributed by atoms with E-state index in [4.69, 9.17) is 15.2 Å². The van der Waals surface area contributed by atoms with Crippen molar-refractivity contribution in [3.8, 4) is 11.5 Å². The van der Waals surface area contributed by atoms with E-state index in [1.165, 1.54) is 6.07 Å². The number of hydrogen-bond donors (Lipinski definition) is 2. The van der Waals surface area contributed by atoms with Crippen molar-refractivity contribution in [1.82, 2.24) is 0 Å². The van der Waals surface area contributed by atoms with Crippen molar-refractivity contribution in [3.63, 3.8) is 0 Å². The van der Waals surface area contributed by atoms with Gasteiger partial charge >= 0.3 is 6.09 Å². The number of anilines is 2. The molecule has 0 heterocycles. The SMILES string of the molecule is C=C.CC(C)(C)OC(=O)Nc1cccc(Oc2cc(F)cc(F)c2N)c1.[HH]. The molecule has 0 saturated heterocycles. The molecule has 5 nitrogen and oxygen atoms in total. The number of nitrogens with two attached hydrogens (primary N) is 1. The van der Waals surface area contributed by atoms with Gasteiger partial charge in [-0.2, -0.15) is 0 Å². The summed E-state index contributed by atoms with van der Waals surface area (Å²) in [5.41, 5.74) is 4.99. The van der Waals surface area contributed by atoms with Crippen molar-refractivity contribution in [3.05, 3.63) is 61.2 Å². The highest BCUT2D eigenvalue weighted by Gasteiger charge is 2.16. The Morgan fingerprint density at radius 2 is 1.85 bits per heavy atom. The quantitative estimate of drug-likeness (QED) is 0.537. The van der Waals surface area contributed by atoms with Crippen molar-refractivity contribution in [2.45, 2.75) is 26.4 Å². The molecule has 2 rings (SSSR count). The van der Waals surface area contributed by atoms with Gasteiger partial charge in [-0.15, -0.1) is 13.2 Å². The van der Waals surface area contributed by atoms with Crippen LogP contribution in [0.4, 0.5) is 25.0 Å². The fraction of sp³-hybridized carbons (Fsp3) is 0.211. The summed E-state index contributed by atoms with van der Waals surface area (Å²) in [6.45, 7) is 11.2. The summed E-state index contributed by atoms with van der Waals surface area (Å²) < 4.78 is 37.2. The normalized spacial score (nSPS) is 10.3. The van der Waals surface area contributed by atoms with Gasteiger partial charge in [0, 0.05) is 25.3 Å². The summed E-state index contributed by atoms with van der Waals surface area (Å²) in [5, 5.41) is 2.54. The molecule has 1 amide bonds. The number of amides is 1. The molecule has 0 aliphatic heterocycles. The molecule has 0 radical (unpaired) electrons. The molecular weight excluding hydrogens is 342 g/mol. The average molecular weight is 366 g/mol. The molecule has 0 aliphatic rings. The number of benzene rings is 2. The molecule has 3 N–H and O–H groups in total. The standard InChI is InChI=1S/C17H18F2N2O3.C2H4.H2/c1-17(2,3)24-16(22)21-11-5-4-6-12(9-11)23-14-8-10(18)7-13(19)15(14)20;1-2;/h4-9H,20H2,1-3H3,(H,21,22);1-2H2;1H. The van der Waals surface area contributed by atoms with Crippen LogP contribution < -0.4 is 15.8 Å². The highest BCUT2D eigenvalue weighted by atomic mass is 19.1. The second kappa shape index (κ2) is 8.84. The number of ether oxygens (including phenoxy) is 2. The first kappa shape index (κ1) is 21.0. The van der Waals surface area contributed by atoms with E-state index in [0.717, 1.165) is 6.07 Å². The zero-order valence-electron chi connectivity index (χ0n) is 14.9. The Morgan fingerprint density at radius 3 is 2.46 bits per heavy atom. The van der Waals surface area contributed by atoms with E-state index >= 15 is 0 Å². The first-order valence-electron chi connectivity index (χ1n) is 7.66. The topological polar surface area (TPSA) is 73.6 Å². The number of carbonyl (C=O) groups excluding carboxylic acids is 1. The number of rotatable bonds is 3. The smallest absolute Gasteiger partial charge is 0.412 e. The van der Waals surface area contributed by atoms with Gasteiger partial charge in [0.15, 0.2) is 11.6 Å². The zero-order chi connectivity index (χ0) is 19.9. The summed E-state index contributed by atoms with van der Waals surface area (Å²) in [4.78, 5) is 11.7. The third-order valence-corrected chi connectivity index (χ3v) is 2.76. The molecular formula is C19H24F2N2O3. The van der Waals surface area contributed by atoms with Crippen LogP contribution in [0.3, 0.4) is 0 Å². The number of halogens is 2. The highest BCUT2D eigenvalue weighted by Crippen LogP contribution is 2.31. The minimum absolute atomic E-state index is 0. The molecule has 0 atom stereocenters. The number of hydrogen-bond acceptors (Lipinski definition) is 4. The van der Waals surface area contributed by atoms with Gasteiger partial charge in [-0.25, -0.2) is 13.6 Å². The Balaban J connectivity index is 0.00000218. The monoisotopic (exact) mass is 366 g/mol. The van der Waals surface area contributed by atoms with E-state index in [1.54, 1.807) is 39.0 Å². The van der Waals surface area contributed by atoms with Crippen LogP contribution in [0.2, 0.25) is 0 Å². The van der Waals surface area contributed by atoms with E-state index in [1.807, 2.05) is 0 Å². The van der Waals surface area contributed by atoms with Crippen LogP contribution in [0.5, 0.6) is 11.5 Å². The number of carbonyl (C=O) groups is 1.